The highest BCUT2D eigenvalue weighted by Gasteiger charge is 2.52. The molecule has 0 radical (unpaired) electrons. The molecule has 3 rings (SSSR count). The fraction of sp³-hybridized carbons (Fsp3) is 0.842. The first-order valence-corrected chi connectivity index (χ1v) is 10.2. The third-order valence-corrected chi connectivity index (χ3v) is 6.00. The Morgan fingerprint density at radius 1 is 1.15 bits per heavy atom. The Morgan fingerprint density at radius 3 is 2.33 bits per heavy atom. The Kier molecular flexibility index (Phi) is 6.05. The van der Waals surface area contributed by atoms with Crippen molar-refractivity contribution in [3.05, 3.63) is 0 Å². The Balaban J connectivity index is 1.48. The maximum atomic E-state index is 12.9. The molecule has 27 heavy (non-hydrogen) atoms. The van der Waals surface area contributed by atoms with Crippen LogP contribution in [0.2, 0.25) is 0 Å². The first kappa shape index (κ1) is 20.1. The molecule has 0 atom stereocenters. The minimum atomic E-state index is -0.666. The van der Waals surface area contributed by atoms with Gasteiger partial charge in [-0.2, -0.15) is 0 Å². The summed E-state index contributed by atoms with van der Waals surface area (Å²) in [6, 6.07) is -0.109. The van der Waals surface area contributed by atoms with E-state index in [0.29, 0.717) is 19.1 Å². The summed E-state index contributed by atoms with van der Waals surface area (Å²) in [4.78, 5) is 42.9. The molecule has 2 heterocycles. The van der Waals surface area contributed by atoms with Gasteiger partial charge in [0.25, 0.3) is 5.91 Å². The standard InChI is InChI=1S/C19H33N5O3/c1-14(2)20-16(25)12-22-8-10-23(11-9-22)13-24-17(26)19(21-18(24)27)6-4-15(3)5-7-19/h14-15H,4-13H2,1-3H3,(H,20,25)(H,21,27). The molecule has 152 valence electrons. The number of carbonyl (C=O) groups is 3. The fourth-order valence-electron chi connectivity index (χ4n) is 4.26. The second-order valence-corrected chi connectivity index (χ2v) is 8.69. The average Bonchev–Trinajstić information content (AvgIpc) is 2.83. The van der Waals surface area contributed by atoms with Crippen molar-refractivity contribution < 1.29 is 14.4 Å². The molecule has 2 N–H and O–H groups in total. The second-order valence-electron chi connectivity index (χ2n) is 8.69. The Labute approximate surface area is 161 Å². The summed E-state index contributed by atoms with van der Waals surface area (Å²) >= 11 is 0. The molecule has 0 bridgehead atoms. The Morgan fingerprint density at radius 2 is 1.74 bits per heavy atom. The highest BCUT2D eigenvalue weighted by atomic mass is 16.2. The summed E-state index contributed by atoms with van der Waals surface area (Å²) in [6.07, 6.45) is 3.45. The van der Waals surface area contributed by atoms with Crippen molar-refractivity contribution in [1.82, 2.24) is 25.3 Å². The van der Waals surface area contributed by atoms with Crippen LogP contribution in [0.15, 0.2) is 0 Å². The van der Waals surface area contributed by atoms with Gasteiger partial charge in [-0.1, -0.05) is 6.92 Å². The van der Waals surface area contributed by atoms with E-state index in [0.717, 1.165) is 51.9 Å². The average molecular weight is 380 g/mol. The normalized spacial score (nSPS) is 30.2. The van der Waals surface area contributed by atoms with E-state index in [1.54, 1.807) is 0 Å². The summed E-state index contributed by atoms with van der Waals surface area (Å²) in [5.74, 6) is 0.606. The maximum absolute atomic E-state index is 12.9. The van der Waals surface area contributed by atoms with Gasteiger partial charge in [0.15, 0.2) is 0 Å². The number of hydrogen-bond donors (Lipinski definition) is 2. The van der Waals surface area contributed by atoms with Crippen LogP contribution in [0.3, 0.4) is 0 Å². The molecule has 0 aromatic heterocycles. The van der Waals surface area contributed by atoms with E-state index in [1.807, 2.05) is 13.8 Å². The van der Waals surface area contributed by atoms with E-state index in [2.05, 4.69) is 27.4 Å². The summed E-state index contributed by atoms with van der Waals surface area (Å²) in [5.41, 5.74) is -0.666. The molecule has 3 fully saturated rings. The lowest BCUT2D eigenvalue weighted by Gasteiger charge is -2.36. The zero-order chi connectivity index (χ0) is 19.6. The van der Waals surface area contributed by atoms with Gasteiger partial charge in [0.05, 0.1) is 13.2 Å². The molecule has 0 unspecified atom stereocenters. The highest BCUT2D eigenvalue weighted by molar-refractivity contribution is 6.07. The van der Waals surface area contributed by atoms with Gasteiger partial charge in [0.1, 0.15) is 5.54 Å². The summed E-state index contributed by atoms with van der Waals surface area (Å²) in [7, 11) is 0. The molecule has 8 nitrogen and oxygen atoms in total. The van der Waals surface area contributed by atoms with E-state index in [-0.39, 0.29) is 23.9 Å². The van der Waals surface area contributed by atoms with Crippen LogP contribution in [-0.2, 0) is 9.59 Å². The van der Waals surface area contributed by atoms with Crippen molar-refractivity contribution in [2.45, 2.75) is 58.0 Å². The SMILES string of the molecule is CC1CCC2(CC1)NC(=O)N(CN1CCN(CC(=O)NC(C)C)CC1)C2=O. The summed E-state index contributed by atoms with van der Waals surface area (Å²) < 4.78 is 0. The van der Waals surface area contributed by atoms with Gasteiger partial charge in [-0.25, -0.2) is 9.69 Å². The molecule has 0 aromatic carbocycles. The van der Waals surface area contributed by atoms with Crippen molar-refractivity contribution >= 4 is 17.8 Å². The van der Waals surface area contributed by atoms with Crippen LogP contribution in [0.1, 0.15) is 46.5 Å². The molecule has 4 amide bonds. The fourth-order valence-corrected chi connectivity index (χ4v) is 4.26. The smallest absolute Gasteiger partial charge is 0.326 e. The van der Waals surface area contributed by atoms with E-state index < -0.39 is 5.54 Å². The lowest BCUT2D eigenvalue weighted by Crippen LogP contribution is -2.54. The molecular weight excluding hydrogens is 346 g/mol. The lowest BCUT2D eigenvalue weighted by molar-refractivity contribution is -0.134. The van der Waals surface area contributed by atoms with Crippen LogP contribution in [0.25, 0.3) is 0 Å². The van der Waals surface area contributed by atoms with Crippen molar-refractivity contribution in [2.24, 2.45) is 5.92 Å². The first-order valence-electron chi connectivity index (χ1n) is 10.2. The predicted octanol–water partition coefficient (Wildman–Crippen LogP) is 0.587. The van der Waals surface area contributed by atoms with Crippen LogP contribution >= 0.6 is 0 Å². The number of imide groups is 1. The van der Waals surface area contributed by atoms with Crippen molar-refractivity contribution in [3.63, 3.8) is 0 Å². The van der Waals surface area contributed by atoms with Gasteiger partial charge in [0.2, 0.25) is 5.91 Å². The van der Waals surface area contributed by atoms with Crippen molar-refractivity contribution in [3.8, 4) is 0 Å². The van der Waals surface area contributed by atoms with E-state index in [1.165, 1.54) is 4.90 Å². The third kappa shape index (κ3) is 4.60. The quantitative estimate of drug-likeness (QED) is 0.683. The number of nitrogens with one attached hydrogen (secondary N) is 2. The monoisotopic (exact) mass is 379 g/mol. The molecular formula is C19H33N5O3. The van der Waals surface area contributed by atoms with E-state index >= 15 is 0 Å². The van der Waals surface area contributed by atoms with E-state index in [9.17, 15) is 14.4 Å². The van der Waals surface area contributed by atoms with Gasteiger partial charge in [-0.05, 0) is 45.4 Å². The number of piperazine rings is 1. The van der Waals surface area contributed by atoms with Crippen molar-refractivity contribution in [2.75, 3.05) is 39.4 Å². The molecule has 8 heteroatoms. The highest BCUT2D eigenvalue weighted by Crippen LogP contribution is 2.36. The molecule has 0 aromatic rings. The minimum Gasteiger partial charge on any atom is -0.353 e. The van der Waals surface area contributed by atoms with Gasteiger partial charge in [-0.15, -0.1) is 0 Å². The Hall–Kier alpha value is -1.67. The minimum absolute atomic E-state index is 0.0426. The zero-order valence-corrected chi connectivity index (χ0v) is 16.8. The maximum Gasteiger partial charge on any atom is 0.326 e. The number of urea groups is 1. The zero-order valence-electron chi connectivity index (χ0n) is 16.8. The van der Waals surface area contributed by atoms with Gasteiger partial charge < -0.3 is 10.6 Å². The number of nitrogens with zero attached hydrogens (tertiary/aromatic N) is 3. The molecule has 1 saturated carbocycles. The summed E-state index contributed by atoms with van der Waals surface area (Å²) in [6.45, 7) is 9.86. The first-order chi connectivity index (χ1) is 12.8. The van der Waals surface area contributed by atoms with Gasteiger partial charge in [-0.3, -0.25) is 19.4 Å². The number of rotatable bonds is 5. The molecule has 3 aliphatic rings. The largest absolute Gasteiger partial charge is 0.353 e. The van der Waals surface area contributed by atoms with Crippen LogP contribution in [0.4, 0.5) is 4.79 Å². The second kappa shape index (κ2) is 8.14. The summed E-state index contributed by atoms with van der Waals surface area (Å²) in [5, 5.41) is 5.89. The molecule has 1 aliphatic carbocycles. The van der Waals surface area contributed by atoms with Crippen LogP contribution in [0, 0.1) is 5.92 Å². The van der Waals surface area contributed by atoms with Gasteiger partial charge in [0, 0.05) is 32.2 Å². The van der Waals surface area contributed by atoms with E-state index in [4.69, 9.17) is 0 Å². The van der Waals surface area contributed by atoms with Crippen LogP contribution in [0.5, 0.6) is 0 Å². The topological polar surface area (TPSA) is 85.0 Å². The number of carbonyl (C=O) groups excluding carboxylic acids is 3. The molecule has 1 spiro atoms. The van der Waals surface area contributed by atoms with Crippen LogP contribution in [-0.4, -0.2) is 83.5 Å². The van der Waals surface area contributed by atoms with Crippen molar-refractivity contribution in [1.29, 1.82) is 0 Å². The van der Waals surface area contributed by atoms with Gasteiger partial charge >= 0.3 is 6.03 Å². The molecule has 2 aliphatic heterocycles. The molecule has 2 saturated heterocycles. The van der Waals surface area contributed by atoms with Crippen LogP contribution < -0.4 is 10.6 Å². The number of amides is 4. The number of hydrogen-bond acceptors (Lipinski definition) is 5. The third-order valence-electron chi connectivity index (χ3n) is 6.00. The Bertz CT molecular complexity index is 578. The predicted molar refractivity (Wildman–Crippen MR) is 102 cm³/mol. The lowest BCUT2D eigenvalue weighted by atomic mass is 9.77.